The molecular formula is C26H18ClN5O. The number of aryl methyl sites for hydroxylation is 2. The molecule has 0 bridgehead atoms. The number of furan rings is 1. The highest BCUT2D eigenvalue weighted by Crippen LogP contribution is 2.28. The molecule has 7 heteroatoms. The minimum absolute atomic E-state index is 0.535. The number of rotatable bonds is 5. The molecule has 0 unspecified atom stereocenters. The quantitative estimate of drug-likeness (QED) is 0.318. The lowest BCUT2D eigenvalue weighted by Crippen LogP contribution is -2.06. The Balaban J connectivity index is 1.47. The smallest absolute Gasteiger partial charge is 0.217 e. The van der Waals surface area contributed by atoms with Gasteiger partial charge in [0.2, 0.25) is 5.82 Å². The van der Waals surface area contributed by atoms with Crippen LogP contribution in [0.15, 0.2) is 89.5 Å². The lowest BCUT2D eigenvalue weighted by Gasteiger charge is -2.08. The second-order valence-electron chi connectivity index (χ2n) is 7.79. The van der Waals surface area contributed by atoms with Crippen LogP contribution in [0, 0.1) is 0 Å². The van der Waals surface area contributed by atoms with E-state index in [4.69, 9.17) is 26.1 Å². The molecule has 3 aromatic heterocycles. The van der Waals surface area contributed by atoms with Crippen LogP contribution in [0.5, 0.6) is 0 Å². The summed E-state index contributed by atoms with van der Waals surface area (Å²) in [7, 11) is 0. The number of nitrogens with zero attached hydrogens (tertiary/aromatic N) is 5. The summed E-state index contributed by atoms with van der Waals surface area (Å²) < 4.78 is 7.89. The van der Waals surface area contributed by atoms with Gasteiger partial charge in [0.25, 0.3) is 0 Å². The van der Waals surface area contributed by atoms with E-state index >= 15 is 0 Å². The Kier molecular flexibility index (Phi) is 4.85. The van der Waals surface area contributed by atoms with E-state index in [1.807, 2.05) is 77.5 Å². The van der Waals surface area contributed by atoms with E-state index in [2.05, 4.69) is 16.3 Å². The third-order valence-corrected chi connectivity index (χ3v) is 5.84. The van der Waals surface area contributed by atoms with Crippen LogP contribution in [-0.4, -0.2) is 25.0 Å². The maximum Gasteiger partial charge on any atom is 0.217 e. The van der Waals surface area contributed by atoms with Gasteiger partial charge in [0.15, 0.2) is 5.76 Å². The number of benzene rings is 3. The molecule has 0 aliphatic heterocycles. The third kappa shape index (κ3) is 3.75. The topological polar surface area (TPSA) is 69.6 Å². The van der Waals surface area contributed by atoms with Crippen LogP contribution in [0.25, 0.3) is 39.1 Å². The number of halogens is 1. The van der Waals surface area contributed by atoms with E-state index in [1.54, 1.807) is 6.20 Å². The summed E-state index contributed by atoms with van der Waals surface area (Å²) in [6.45, 7) is 0. The Bertz CT molecular complexity index is 1570. The van der Waals surface area contributed by atoms with Crippen LogP contribution in [0.2, 0.25) is 5.02 Å². The first kappa shape index (κ1) is 19.6. The average Bonchev–Trinajstić information content (AvgIpc) is 3.47. The van der Waals surface area contributed by atoms with Gasteiger partial charge in [-0.2, -0.15) is 10.2 Å². The molecule has 0 spiro atoms. The molecule has 0 saturated heterocycles. The van der Waals surface area contributed by atoms with Crippen LogP contribution in [0.4, 0.5) is 0 Å². The summed E-state index contributed by atoms with van der Waals surface area (Å²) >= 11 is 6.18. The van der Waals surface area contributed by atoms with Gasteiger partial charge < -0.3 is 4.42 Å². The van der Waals surface area contributed by atoms with E-state index < -0.39 is 0 Å². The number of fused-ring (bicyclic) bond motifs is 2. The van der Waals surface area contributed by atoms with Gasteiger partial charge in [0.05, 0.1) is 17.4 Å². The summed E-state index contributed by atoms with van der Waals surface area (Å²) in [5.74, 6) is 1.97. The highest BCUT2D eigenvalue weighted by molar-refractivity contribution is 6.30. The Hall–Kier alpha value is -4.03. The van der Waals surface area contributed by atoms with Gasteiger partial charge in [-0.1, -0.05) is 60.1 Å². The van der Waals surface area contributed by atoms with Crippen molar-refractivity contribution in [3.05, 3.63) is 101 Å². The van der Waals surface area contributed by atoms with Crippen molar-refractivity contribution in [3.63, 3.8) is 0 Å². The normalized spacial score (nSPS) is 11.4. The highest BCUT2D eigenvalue weighted by atomic mass is 35.5. The first-order valence-electron chi connectivity index (χ1n) is 10.6. The first-order chi connectivity index (χ1) is 16.2. The monoisotopic (exact) mass is 451 g/mol. The molecule has 0 N–H and O–H groups in total. The van der Waals surface area contributed by atoms with Crippen molar-refractivity contribution in [1.82, 2.24) is 25.0 Å². The lowest BCUT2D eigenvalue weighted by atomic mass is 10.1. The van der Waals surface area contributed by atoms with E-state index in [0.29, 0.717) is 18.0 Å². The largest absolute Gasteiger partial charge is 0.453 e. The summed E-state index contributed by atoms with van der Waals surface area (Å²) in [6.07, 6.45) is 3.17. The molecule has 0 amide bonds. The second-order valence-corrected chi connectivity index (χ2v) is 8.23. The van der Waals surface area contributed by atoms with Crippen molar-refractivity contribution in [2.24, 2.45) is 0 Å². The summed E-state index contributed by atoms with van der Waals surface area (Å²) in [6, 6.07) is 25.6. The molecule has 6 aromatic rings. The zero-order valence-electron chi connectivity index (χ0n) is 17.5. The molecule has 0 aliphatic carbocycles. The van der Waals surface area contributed by atoms with Crippen molar-refractivity contribution in [3.8, 4) is 17.3 Å². The van der Waals surface area contributed by atoms with E-state index in [0.717, 1.165) is 50.4 Å². The Labute approximate surface area is 194 Å². The minimum Gasteiger partial charge on any atom is -0.453 e. The van der Waals surface area contributed by atoms with Crippen LogP contribution in [0.3, 0.4) is 0 Å². The molecule has 0 fully saturated rings. The van der Waals surface area contributed by atoms with Gasteiger partial charge in [-0.05, 0) is 42.3 Å². The molecule has 33 heavy (non-hydrogen) atoms. The van der Waals surface area contributed by atoms with Crippen LogP contribution in [-0.2, 0) is 12.8 Å². The molecule has 6 rings (SSSR count). The highest BCUT2D eigenvalue weighted by Gasteiger charge is 2.18. The summed E-state index contributed by atoms with van der Waals surface area (Å²) in [5, 5.41) is 16.0. The van der Waals surface area contributed by atoms with Crippen LogP contribution < -0.4 is 0 Å². The summed E-state index contributed by atoms with van der Waals surface area (Å²) in [4.78, 5) is 4.87. The SMILES string of the molecule is Clc1cccc(CCc2nc(-c3cc4ccccc4o3)nn2-c2cnnc3ccccc23)c1. The molecule has 0 saturated carbocycles. The molecule has 160 valence electrons. The fourth-order valence-electron chi connectivity index (χ4n) is 4.01. The minimum atomic E-state index is 0.535. The van der Waals surface area contributed by atoms with E-state index in [-0.39, 0.29) is 0 Å². The van der Waals surface area contributed by atoms with Crippen LogP contribution in [0.1, 0.15) is 11.4 Å². The number of hydrogen-bond donors (Lipinski definition) is 0. The van der Waals surface area contributed by atoms with Crippen molar-refractivity contribution >= 4 is 33.5 Å². The van der Waals surface area contributed by atoms with Gasteiger partial charge in [-0.25, -0.2) is 9.67 Å². The van der Waals surface area contributed by atoms with Crippen molar-refractivity contribution in [2.75, 3.05) is 0 Å². The fraction of sp³-hybridized carbons (Fsp3) is 0.0769. The second kappa shape index (κ2) is 8.15. The molecule has 3 heterocycles. The zero-order chi connectivity index (χ0) is 22.2. The van der Waals surface area contributed by atoms with E-state index in [9.17, 15) is 0 Å². The molecular weight excluding hydrogens is 434 g/mol. The maximum atomic E-state index is 6.18. The van der Waals surface area contributed by atoms with E-state index in [1.165, 1.54) is 0 Å². The van der Waals surface area contributed by atoms with Gasteiger partial charge >= 0.3 is 0 Å². The number of hydrogen-bond acceptors (Lipinski definition) is 5. The molecule has 3 aromatic carbocycles. The number of para-hydroxylation sites is 1. The Morgan fingerprint density at radius 3 is 2.67 bits per heavy atom. The molecule has 0 radical (unpaired) electrons. The molecule has 0 aliphatic rings. The molecule has 6 nitrogen and oxygen atoms in total. The average molecular weight is 452 g/mol. The van der Waals surface area contributed by atoms with Crippen molar-refractivity contribution < 1.29 is 4.42 Å². The van der Waals surface area contributed by atoms with Gasteiger partial charge in [0.1, 0.15) is 11.4 Å². The third-order valence-electron chi connectivity index (χ3n) is 5.60. The Morgan fingerprint density at radius 2 is 1.76 bits per heavy atom. The zero-order valence-corrected chi connectivity index (χ0v) is 18.3. The van der Waals surface area contributed by atoms with Crippen molar-refractivity contribution in [1.29, 1.82) is 0 Å². The molecule has 0 atom stereocenters. The predicted octanol–water partition coefficient (Wildman–Crippen LogP) is 6.06. The first-order valence-corrected chi connectivity index (χ1v) is 11.0. The number of aromatic nitrogens is 5. The van der Waals surface area contributed by atoms with Gasteiger partial charge in [0, 0.05) is 22.2 Å². The maximum absolute atomic E-state index is 6.18. The fourth-order valence-corrected chi connectivity index (χ4v) is 4.22. The predicted molar refractivity (Wildman–Crippen MR) is 129 cm³/mol. The summed E-state index contributed by atoms with van der Waals surface area (Å²) in [5.41, 5.74) is 3.58. The van der Waals surface area contributed by atoms with Gasteiger partial charge in [-0.3, -0.25) is 0 Å². The van der Waals surface area contributed by atoms with Gasteiger partial charge in [-0.15, -0.1) is 5.10 Å². The Morgan fingerprint density at radius 1 is 0.879 bits per heavy atom. The van der Waals surface area contributed by atoms with Crippen LogP contribution >= 0.6 is 11.6 Å². The lowest BCUT2D eigenvalue weighted by molar-refractivity contribution is 0.624. The van der Waals surface area contributed by atoms with Crippen molar-refractivity contribution in [2.45, 2.75) is 12.8 Å². The standard InChI is InChI=1S/C26H18ClN5O/c27-19-8-5-6-17(14-19)12-13-25-29-26(24-15-18-7-1-4-11-23(18)33-24)31-32(25)22-16-28-30-21-10-3-2-9-20(21)22/h1-11,14-16H,12-13H2.